The predicted molar refractivity (Wildman–Crippen MR) is 47.4 cm³/mol. The molecule has 0 aromatic carbocycles. The second-order valence-electron chi connectivity index (χ2n) is 3.35. The molecule has 0 aliphatic rings. The highest BCUT2D eigenvalue weighted by Gasteiger charge is 2.40. The highest BCUT2D eigenvalue weighted by molar-refractivity contribution is 5.55. The molecule has 2 heterocycles. The van der Waals surface area contributed by atoms with E-state index in [1.807, 2.05) is 0 Å². The Bertz CT molecular complexity index is 596. The zero-order chi connectivity index (χ0) is 13.7. The quantitative estimate of drug-likeness (QED) is 0.747. The fraction of sp³-hybridized carbons (Fsp3) is 0.250. The van der Waals surface area contributed by atoms with E-state index in [9.17, 15) is 26.3 Å². The van der Waals surface area contributed by atoms with Gasteiger partial charge < -0.3 is 5.73 Å². The Morgan fingerprint density at radius 1 is 1.00 bits per heavy atom. The molecular formula is C8H4F6N4. The molecule has 10 heteroatoms. The summed E-state index contributed by atoms with van der Waals surface area (Å²) in [4.78, 5) is 3.24. The zero-order valence-corrected chi connectivity index (χ0v) is 8.34. The minimum Gasteiger partial charge on any atom is -0.396 e. The molecule has 4 nitrogen and oxygen atoms in total. The van der Waals surface area contributed by atoms with Gasteiger partial charge in [0.1, 0.15) is 5.56 Å². The van der Waals surface area contributed by atoms with Crippen molar-refractivity contribution in [1.82, 2.24) is 14.6 Å². The second kappa shape index (κ2) is 3.50. The van der Waals surface area contributed by atoms with Crippen LogP contribution in [0.1, 0.15) is 11.3 Å². The Hall–Kier alpha value is -2.00. The van der Waals surface area contributed by atoms with Crippen molar-refractivity contribution in [2.24, 2.45) is 0 Å². The van der Waals surface area contributed by atoms with Crippen LogP contribution < -0.4 is 5.73 Å². The average Bonchev–Trinajstić information content (AvgIpc) is 2.57. The summed E-state index contributed by atoms with van der Waals surface area (Å²) >= 11 is 0. The first-order valence-electron chi connectivity index (χ1n) is 4.39. The fourth-order valence-electron chi connectivity index (χ4n) is 1.43. The zero-order valence-electron chi connectivity index (χ0n) is 8.34. The van der Waals surface area contributed by atoms with Crippen molar-refractivity contribution in [2.45, 2.75) is 12.4 Å². The van der Waals surface area contributed by atoms with Gasteiger partial charge in [-0.1, -0.05) is 0 Å². The Morgan fingerprint density at radius 2 is 1.61 bits per heavy atom. The topological polar surface area (TPSA) is 56.2 Å². The van der Waals surface area contributed by atoms with E-state index < -0.39 is 34.9 Å². The maximum atomic E-state index is 12.6. The molecule has 98 valence electrons. The van der Waals surface area contributed by atoms with Crippen LogP contribution in [-0.2, 0) is 12.4 Å². The largest absolute Gasteiger partial charge is 0.435 e. The second-order valence-corrected chi connectivity index (χ2v) is 3.35. The van der Waals surface area contributed by atoms with Gasteiger partial charge in [-0.3, -0.25) is 0 Å². The number of hydrogen-bond acceptors (Lipinski definition) is 3. The fourth-order valence-corrected chi connectivity index (χ4v) is 1.43. The summed E-state index contributed by atoms with van der Waals surface area (Å²) in [6.45, 7) is 0. The molecule has 0 radical (unpaired) electrons. The van der Waals surface area contributed by atoms with Crippen LogP contribution in [0.15, 0.2) is 12.4 Å². The molecule has 0 atom stereocenters. The summed E-state index contributed by atoms with van der Waals surface area (Å²) in [5, 5.41) is 3.05. The van der Waals surface area contributed by atoms with Gasteiger partial charge >= 0.3 is 12.4 Å². The van der Waals surface area contributed by atoms with E-state index in [1.165, 1.54) is 0 Å². The number of halogens is 6. The highest BCUT2D eigenvalue weighted by Crippen LogP contribution is 2.36. The molecule has 18 heavy (non-hydrogen) atoms. The van der Waals surface area contributed by atoms with Crippen molar-refractivity contribution in [1.29, 1.82) is 0 Å². The first-order chi connectivity index (χ1) is 8.12. The maximum absolute atomic E-state index is 12.6. The third-order valence-corrected chi connectivity index (χ3v) is 2.13. The standard InChI is InChI=1S/C8H4F6N4/c9-7(10,11)3-1-17-18-5(8(12,13)14)4(15)2-16-6(3)18/h1-2H,15H2. The highest BCUT2D eigenvalue weighted by atomic mass is 19.4. The molecule has 0 amide bonds. The summed E-state index contributed by atoms with van der Waals surface area (Å²) < 4.78 is 75.4. The summed E-state index contributed by atoms with van der Waals surface area (Å²) in [6, 6.07) is 0. The van der Waals surface area contributed by atoms with Gasteiger partial charge in [0.15, 0.2) is 11.3 Å². The lowest BCUT2D eigenvalue weighted by molar-refractivity contribution is -0.142. The minimum atomic E-state index is -4.93. The van der Waals surface area contributed by atoms with Crippen LogP contribution in [0.4, 0.5) is 32.0 Å². The van der Waals surface area contributed by atoms with Crippen molar-refractivity contribution >= 4 is 11.3 Å². The van der Waals surface area contributed by atoms with Gasteiger partial charge in [-0.05, 0) is 0 Å². The van der Waals surface area contributed by atoms with Crippen LogP contribution >= 0.6 is 0 Å². The lowest BCUT2D eigenvalue weighted by Crippen LogP contribution is -2.17. The van der Waals surface area contributed by atoms with Gasteiger partial charge in [-0.25, -0.2) is 9.50 Å². The maximum Gasteiger partial charge on any atom is 0.435 e. The van der Waals surface area contributed by atoms with E-state index in [0.717, 1.165) is 0 Å². The van der Waals surface area contributed by atoms with E-state index in [4.69, 9.17) is 5.73 Å². The van der Waals surface area contributed by atoms with Crippen LogP contribution in [-0.4, -0.2) is 14.6 Å². The molecule has 0 aliphatic heterocycles. The number of nitrogens with two attached hydrogens (primary N) is 1. The van der Waals surface area contributed by atoms with Gasteiger partial charge in [0.05, 0.1) is 18.1 Å². The Balaban J connectivity index is 2.82. The molecule has 2 rings (SSSR count). The molecule has 0 saturated heterocycles. The summed E-state index contributed by atoms with van der Waals surface area (Å²) in [5.74, 6) is 0. The summed E-state index contributed by atoms with van der Waals surface area (Å²) in [7, 11) is 0. The number of nitrogens with zero attached hydrogens (tertiary/aromatic N) is 3. The number of rotatable bonds is 0. The first kappa shape index (κ1) is 12.5. The van der Waals surface area contributed by atoms with Gasteiger partial charge in [0, 0.05) is 0 Å². The Morgan fingerprint density at radius 3 is 2.11 bits per heavy atom. The normalized spacial score (nSPS) is 13.2. The van der Waals surface area contributed by atoms with E-state index in [0.29, 0.717) is 6.20 Å². The van der Waals surface area contributed by atoms with E-state index >= 15 is 0 Å². The molecule has 0 aliphatic carbocycles. The number of nitrogen functional groups attached to an aromatic ring is 1. The summed E-state index contributed by atoms with van der Waals surface area (Å²) in [5.41, 5.74) is 0.490. The van der Waals surface area contributed by atoms with E-state index in [1.54, 1.807) is 0 Å². The van der Waals surface area contributed by atoms with Gasteiger partial charge in [-0.15, -0.1) is 0 Å². The molecule has 0 saturated carbocycles. The van der Waals surface area contributed by atoms with Crippen molar-refractivity contribution in [3.8, 4) is 0 Å². The molecular weight excluding hydrogens is 266 g/mol. The van der Waals surface area contributed by atoms with Crippen LogP contribution in [0.25, 0.3) is 5.65 Å². The monoisotopic (exact) mass is 270 g/mol. The van der Waals surface area contributed by atoms with Gasteiger partial charge in [0.2, 0.25) is 0 Å². The van der Waals surface area contributed by atoms with E-state index in [2.05, 4.69) is 10.1 Å². The molecule has 0 unspecified atom stereocenters. The molecule has 0 fully saturated rings. The van der Waals surface area contributed by atoms with Crippen molar-refractivity contribution in [2.75, 3.05) is 5.73 Å². The van der Waals surface area contributed by atoms with Crippen LogP contribution in [0.2, 0.25) is 0 Å². The average molecular weight is 270 g/mol. The molecule has 0 spiro atoms. The Kier molecular flexibility index (Phi) is 2.42. The van der Waals surface area contributed by atoms with Crippen molar-refractivity contribution < 1.29 is 26.3 Å². The van der Waals surface area contributed by atoms with Gasteiger partial charge in [0.25, 0.3) is 0 Å². The molecule has 2 aromatic rings. The van der Waals surface area contributed by atoms with Crippen LogP contribution in [0, 0.1) is 0 Å². The number of fused-ring (bicyclic) bond motifs is 1. The number of hydrogen-bond donors (Lipinski definition) is 1. The smallest absolute Gasteiger partial charge is 0.396 e. The van der Waals surface area contributed by atoms with Crippen LogP contribution in [0.5, 0.6) is 0 Å². The minimum absolute atomic E-state index is 0.0398. The van der Waals surface area contributed by atoms with Crippen LogP contribution in [0.3, 0.4) is 0 Å². The first-order valence-corrected chi connectivity index (χ1v) is 4.39. The number of aromatic nitrogens is 3. The molecule has 0 bridgehead atoms. The number of alkyl halides is 6. The Labute approximate surface area is 95.0 Å². The number of anilines is 1. The predicted octanol–water partition coefficient (Wildman–Crippen LogP) is 2.35. The lowest BCUT2D eigenvalue weighted by atomic mass is 10.3. The SMILES string of the molecule is Nc1cnc2c(C(F)(F)F)cnn2c1C(F)(F)F. The molecule has 2 N–H and O–H groups in total. The summed E-state index contributed by atoms with van der Waals surface area (Å²) in [6.07, 6.45) is -8.97. The third-order valence-electron chi connectivity index (χ3n) is 2.13. The lowest BCUT2D eigenvalue weighted by Gasteiger charge is -2.11. The van der Waals surface area contributed by atoms with Crippen molar-refractivity contribution in [3.05, 3.63) is 23.7 Å². The van der Waals surface area contributed by atoms with Gasteiger partial charge in [-0.2, -0.15) is 31.4 Å². The molecule has 2 aromatic heterocycles. The van der Waals surface area contributed by atoms with E-state index in [-0.39, 0.29) is 10.7 Å². The third kappa shape index (κ3) is 1.83. The van der Waals surface area contributed by atoms with Crippen molar-refractivity contribution in [3.63, 3.8) is 0 Å².